The van der Waals surface area contributed by atoms with E-state index < -0.39 is 0 Å². The molecule has 0 atom stereocenters. The molecule has 0 unspecified atom stereocenters. The van der Waals surface area contributed by atoms with Crippen molar-refractivity contribution in [2.24, 2.45) is 0 Å². The number of hydrogen-bond donors (Lipinski definition) is 1. The first-order valence-electron chi connectivity index (χ1n) is 5.79. The van der Waals surface area contributed by atoms with Gasteiger partial charge in [-0.15, -0.1) is 0 Å². The number of halogens is 2. The first-order chi connectivity index (χ1) is 9.52. The molecule has 1 N–H and O–H groups in total. The number of carbonyl (C=O) groups excluding carboxylic acids is 1. The maximum absolute atomic E-state index is 12.3. The Kier molecular flexibility index (Phi) is 4.43. The molecule has 0 aliphatic carbocycles. The minimum Gasteiger partial charge on any atom is -0.321 e. The summed E-state index contributed by atoms with van der Waals surface area (Å²) in [6, 6.07) is 12.3. The molecule has 0 bridgehead atoms. The molecular weight excluding hydrogens is 340 g/mol. The van der Waals surface area contributed by atoms with Crippen LogP contribution >= 0.6 is 27.5 Å². The highest BCUT2D eigenvalue weighted by Crippen LogP contribution is 2.23. The highest BCUT2D eigenvalue weighted by atomic mass is 79.9. The second-order valence-electron chi connectivity index (χ2n) is 4.17. The van der Waals surface area contributed by atoms with Crippen LogP contribution in [0, 0.1) is 18.3 Å². The Morgan fingerprint density at radius 3 is 2.80 bits per heavy atom. The summed E-state index contributed by atoms with van der Waals surface area (Å²) in [5.41, 5.74) is 2.06. The summed E-state index contributed by atoms with van der Waals surface area (Å²) in [7, 11) is 0. The Hall–Kier alpha value is -1.83. The molecule has 20 heavy (non-hydrogen) atoms. The number of nitrogens with zero attached hydrogens (tertiary/aromatic N) is 1. The van der Waals surface area contributed by atoms with Gasteiger partial charge in [0.05, 0.1) is 11.3 Å². The summed E-state index contributed by atoms with van der Waals surface area (Å²) in [5, 5.41) is 12.3. The normalized spacial score (nSPS) is 9.90. The molecule has 1 amide bonds. The molecule has 100 valence electrons. The lowest BCUT2D eigenvalue weighted by atomic mass is 10.1. The average Bonchev–Trinajstić information content (AvgIpc) is 2.42. The smallest absolute Gasteiger partial charge is 0.256 e. The zero-order chi connectivity index (χ0) is 14.7. The Labute approximate surface area is 130 Å². The third-order valence-electron chi connectivity index (χ3n) is 2.86. The third kappa shape index (κ3) is 3.01. The number of nitriles is 1. The van der Waals surface area contributed by atoms with Gasteiger partial charge in [0, 0.05) is 15.1 Å². The predicted octanol–water partition coefficient (Wildman–Crippen LogP) is 4.53. The van der Waals surface area contributed by atoms with E-state index in [9.17, 15) is 4.79 Å². The average molecular weight is 350 g/mol. The van der Waals surface area contributed by atoms with E-state index in [1.165, 1.54) is 0 Å². The van der Waals surface area contributed by atoms with Crippen molar-refractivity contribution in [1.82, 2.24) is 0 Å². The molecule has 0 saturated carbocycles. The highest BCUT2D eigenvalue weighted by molar-refractivity contribution is 9.10. The van der Waals surface area contributed by atoms with E-state index in [2.05, 4.69) is 21.2 Å². The molecule has 0 spiro atoms. The minimum absolute atomic E-state index is 0.292. The van der Waals surface area contributed by atoms with Gasteiger partial charge in [0.25, 0.3) is 5.91 Å². The van der Waals surface area contributed by atoms with Crippen molar-refractivity contribution in [1.29, 1.82) is 5.26 Å². The van der Waals surface area contributed by atoms with Crippen molar-refractivity contribution in [2.45, 2.75) is 6.92 Å². The molecule has 0 radical (unpaired) electrons. The zero-order valence-corrected chi connectivity index (χ0v) is 12.9. The minimum atomic E-state index is -0.292. The van der Waals surface area contributed by atoms with E-state index in [1.54, 1.807) is 43.3 Å². The summed E-state index contributed by atoms with van der Waals surface area (Å²) in [6.45, 7) is 1.78. The maximum atomic E-state index is 12.3. The molecule has 2 aromatic rings. The second-order valence-corrected chi connectivity index (χ2v) is 5.49. The van der Waals surface area contributed by atoms with Gasteiger partial charge in [0.1, 0.15) is 6.07 Å². The standard InChI is InChI=1S/C15H10BrClN2O/c1-9-12(3-2-4-13(9)17)15(20)19-14-7-11(16)6-5-10(14)8-18/h2-7H,1H3,(H,19,20). The summed E-state index contributed by atoms with van der Waals surface area (Å²) in [4.78, 5) is 12.3. The first kappa shape index (κ1) is 14.6. The van der Waals surface area contributed by atoms with Gasteiger partial charge in [-0.2, -0.15) is 5.26 Å². The van der Waals surface area contributed by atoms with E-state index in [4.69, 9.17) is 16.9 Å². The molecule has 0 heterocycles. The number of benzene rings is 2. The summed E-state index contributed by atoms with van der Waals surface area (Å²) in [5.74, 6) is -0.292. The number of carbonyl (C=O) groups is 1. The van der Waals surface area contributed by atoms with Gasteiger partial charge in [-0.3, -0.25) is 4.79 Å². The van der Waals surface area contributed by atoms with E-state index in [1.807, 2.05) is 6.07 Å². The molecule has 0 saturated heterocycles. The molecule has 3 nitrogen and oxygen atoms in total. The summed E-state index contributed by atoms with van der Waals surface area (Å²) in [6.07, 6.45) is 0. The van der Waals surface area contributed by atoms with Crippen LogP contribution in [0.1, 0.15) is 21.5 Å². The van der Waals surface area contributed by atoms with Crippen LogP contribution in [-0.4, -0.2) is 5.91 Å². The van der Waals surface area contributed by atoms with Gasteiger partial charge in [0.2, 0.25) is 0 Å². The summed E-state index contributed by atoms with van der Waals surface area (Å²) >= 11 is 9.32. The van der Waals surface area contributed by atoms with Gasteiger partial charge in [-0.05, 0) is 42.8 Å². The van der Waals surface area contributed by atoms with Crippen molar-refractivity contribution in [3.63, 3.8) is 0 Å². The van der Waals surface area contributed by atoms with Crippen molar-refractivity contribution < 1.29 is 4.79 Å². The molecule has 5 heteroatoms. The largest absolute Gasteiger partial charge is 0.321 e. The van der Waals surface area contributed by atoms with Crippen LogP contribution in [0.3, 0.4) is 0 Å². The maximum Gasteiger partial charge on any atom is 0.256 e. The SMILES string of the molecule is Cc1c(Cl)cccc1C(=O)Nc1cc(Br)ccc1C#N. The first-order valence-corrected chi connectivity index (χ1v) is 6.96. The monoisotopic (exact) mass is 348 g/mol. The lowest BCUT2D eigenvalue weighted by Crippen LogP contribution is -2.14. The molecule has 0 fully saturated rings. The Bertz CT molecular complexity index is 722. The van der Waals surface area contributed by atoms with Crippen LogP contribution in [0.25, 0.3) is 0 Å². The van der Waals surface area contributed by atoms with E-state index in [0.717, 1.165) is 4.47 Å². The summed E-state index contributed by atoms with van der Waals surface area (Å²) < 4.78 is 0.787. The quantitative estimate of drug-likeness (QED) is 0.865. The molecule has 2 rings (SSSR count). The van der Waals surface area contributed by atoms with Crippen LogP contribution in [0.4, 0.5) is 5.69 Å². The van der Waals surface area contributed by atoms with Crippen molar-refractivity contribution >= 4 is 39.1 Å². The Morgan fingerprint density at radius 1 is 1.35 bits per heavy atom. The van der Waals surface area contributed by atoms with Crippen LogP contribution in [0.2, 0.25) is 5.02 Å². The fraction of sp³-hybridized carbons (Fsp3) is 0.0667. The Balaban J connectivity index is 2.35. The number of hydrogen-bond acceptors (Lipinski definition) is 2. The highest BCUT2D eigenvalue weighted by Gasteiger charge is 2.13. The fourth-order valence-corrected chi connectivity index (χ4v) is 2.30. The number of nitrogens with one attached hydrogen (secondary N) is 1. The van der Waals surface area contributed by atoms with E-state index in [0.29, 0.717) is 27.4 Å². The fourth-order valence-electron chi connectivity index (χ4n) is 1.76. The van der Waals surface area contributed by atoms with Crippen molar-refractivity contribution in [2.75, 3.05) is 5.32 Å². The van der Waals surface area contributed by atoms with E-state index in [-0.39, 0.29) is 5.91 Å². The van der Waals surface area contributed by atoms with Gasteiger partial charge < -0.3 is 5.32 Å². The lowest BCUT2D eigenvalue weighted by Gasteiger charge is -2.10. The number of amides is 1. The van der Waals surface area contributed by atoms with Crippen molar-refractivity contribution in [3.05, 3.63) is 62.6 Å². The molecule has 0 aliphatic heterocycles. The lowest BCUT2D eigenvalue weighted by molar-refractivity contribution is 0.102. The zero-order valence-electron chi connectivity index (χ0n) is 10.6. The van der Waals surface area contributed by atoms with E-state index >= 15 is 0 Å². The van der Waals surface area contributed by atoms with Gasteiger partial charge >= 0.3 is 0 Å². The molecule has 0 aliphatic rings. The van der Waals surface area contributed by atoms with Crippen LogP contribution in [-0.2, 0) is 0 Å². The number of rotatable bonds is 2. The van der Waals surface area contributed by atoms with Crippen LogP contribution < -0.4 is 5.32 Å². The molecule has 0 aromatic heterocycles. The number of anilines is 1. The van der Waals surface area contributed by atoms with Crippen LogP contribution in [0.5, 0.6) is 0 Å². The van der Waals surface area contributed by atoms with Gasteiger partial charge in [0.15, 0.2) is 0 Å². The second kappa shape index (κ2) is 6.08. The van der Waals surface area contributed by atoms with Gasteiger partial charge in [-0.25, -0.2) is 0 Å². The van der Waals surface area contributed by atoms with Crippen molar-refractivity contribution in [3.8, 4) is 6.07 Å². The topological polar surface area (TPSA) is 52.9 Å². The Morgan fingerprint density at radius 2 is 2.10 bits per heavy atom. The third-order valence-corrected chi connectivity index (χ3v) is 3.77. The molecular formula is C15H10BrClN2O. The predicted molar refractivity (Wildman–Crippen MR) is 83.0 cm³/mol. The molecule has 2 aromatic carbocycles. The van der Waals surface area contributed by atoms with Gasteiger partial charge in [-0.1, -0.05) is 33.6 Å². The van der Waals surface area contributed by atoms with Crippen LogP contribution in [0.15, 0.2) is 40.9 Å².